The summed E-state index contributed by atoms with van der Waals surface area (Å²) in [6.45, 7) is 7.30. The molecular weight excluding hydrogens is 572 g/mol. The van der Waals surface area contributed by atoms with Gasteiger partial charge < -0.3 is 34.3 Å². The fourth-order valence-electron chi connectivity index (χ4n) is 4.26. The lowest BCUT2D eigenvalue weighted by molar-refractivity contribution is 0.0489. The van der Waals surface area contributed by atoms with E-state index in [-0.39, 0.29) is 0 Å². The number of hydrogen-bond donors (Lipinski definition) is 2. The lowest BCUT2D eigenvalue weighted by atomic mass is 10.0. The van der Waals surface area contributed by atoms with Gasteiger partial charge in [-0.3, -0.25) is 0 Å². The maximum Gasteiger partial charge on any atom is 0.407 e. The third kappa shape index (κ3) is 9.10. The first-order valence-corrected chi connectivity index (χ1v) is 14.2. The molecule has 11 heteroatoms. The Kier molecular flexibility index (Phi) is 10.9. The number of ether oxygens (including phenoxy) is 5. The molecule has 0 aliphatic heterocycles. The van der Waals surface area contributed by atoms with Gasteiger partial charge in [-0.25, -0.2) is 4.79 Å². The average molecular weight is 609 g/mol. The van der Waals surface area contributed by atoms with Crippen molar-refractivity contribution >= 4 is 34.3 Å². The van der Waals surface area contributed by atoms with Crippen LogP contribution < -0.4 is 24.8 Å². The summed E-state index contributed by atoms with van der Waals surface area (Å²) in [7, 11) is 3.26. The summed E-state index contributed by atoms with van der Waals surface area (Å²) in [5.41, 5.74) is 3.71. The van der Waals surface area contributed by atoms with Gasteiger partial charge in [0.2, 0.25) is 0 Å². The van der Waals surface area contributed by atoms with Crippen LogP contribution in [0.1, 0.15) is 26.3 Å². The van der Waals surface area contributed by atoms with Crippen LogP contribution >= 0.6 is 11.6 Å². The molecule has 0 aliphatic carbocycles. The Labute approximate surface area is 256 Å². The SMILES string of the molecule is COc1ccc(CNc2cnnc3cc(-c4cc(Cl)ccc4OCCOCCNC(=O)OC(C)(C)C)ccc23)c(OC)c1. The molecule has 1 amide bonds. The van der Waals surface area contributed by atoms with Gasteiger partial charge in [-0.15, -0.1) is 0 Å². The number of nitrogens with zero attached hydrogens (tertiary/aromatic N) is 2. The second-order valence-electron chi connectivity index (χ2n) is 10.6. The Morgan fingerprint density at radius 2 is 1.77 bits per heavy atom. The van der Waals surface area contributed by atoms with Crippen LogP contribution in [0.3, 0.4) is 0 Å². The lowest BCUT2D eigenvalue weighted by Gasteiger charge is -2.19. The Hall–Kier alpha value is -4.28. The number of halogens is 1. The number of hydrogen-bond acceptors (Lipinski definition) is 9. The second kappa shape index (κ2) is 14.8. The number of methoxy groups -OCH3 is 2. The molecule has 10 nitrogen and oxygen atoms in total. The number of amides is 1. The topological polar surface area (TPSA) is 113 Å². The van der Waals surface area contributed by atoms with E-state index in [1.165, 1.54) is 0 Å². The van der Waals surface area contributed by atoms with E-state index in [9.17, 15) is 4.79 Å². The predicted octanol–water partition coefficient (Wildman–Crippen LogP) is 6.50. The van der Waals surface area contributed by atoms with Gasteiger partial charge in [0, 0.05) is 40.7 Å². The molecule has 1 heterocycles. The summed E-state index contributed by atoms with van der Waals surface area (Å²) in [4.78, 5) is 11.7. The molecule has 43 heavy (non-hydrogen) atoms. The largest absolute Gasteiger partial charge is 0.497 e. The van der Waals surface area contributed by atoms with Crippen molar-refractivity contribution in [3.8, 4) is 28.4 Å². The van der Waals surface area contributed by atoms with Crippen LogP contribution in [-0.2, 0) is 16.0 Å². The number of nitrogens with one attached hydrogen (secondary N) is 2. The van der Waals surface area contributed by atoms with Crippen LogP contribution in [0.5, 0.6) is 17.2 Å². The van der Waals surface area contributed by atoms with Gasteiger partial charge in [0.1, 0.15) is 29.5 Å². The summed E-state index contributed by atoms with van der Waals surface area (Å²) in [5, 5.41) is 16.2. The molecule has 4 aromatic rings. The summed E-state index contributed by atoms with van der Waals surface area (Å²) in [6, 6.07) is 17.1. The van der Waals surface area contributed by atoms with E-state index in [0.717, 1.165) is 44.8 Å². The number of benzene rings is 3. The first-order chi connectivity index (χ1) is 20.7. The molecule has 0 fully saturated rings. The summed E-state index contributed by atoms with van der Waals surface area (Å²) >= 11 is 6.36. The van der Waals surface area contributed by atoms with E-state index in [0.29, 0.717) is 43.7 Å². The Balaban J connectivity index is 1.39. The fourth-order valence-corrected chi connectivity index (χ4v) is 4.44. The van der Waals surface area contributed by atoms with Gasteiger partial charge in [0.15, 0.2) is 0 Å². The van der Waals surface area contributed by atoms with Crippen LogP contribution in [0.15, 0.2) is 60.8 Å². The van der Waals surface area contributed by atoms with E-state index in [1.807, 2.05) is 69.3 Å². The van der Waals surface area contributed by atoms with Gasteiger partial charge >= 0.3 is 6.09 Å². The van der Waals surface area contributed by atoms with Crippen LogP contribution in [0.2, 0.25) is 5.02 Å². The first-order valence-electron chi connectivity index (χ1n) is 13.8. The monoisotopic (exact) mass is 608 g/mol. The van der Waals surface area contributed by atoms with E-state index in [1.54, 1.807) is 26.5 Å². The van der Waals surface area contributed by atoms with Gasteiger partial charge in [-0.05, 0) is 68.8 Å². The highest BCUT2D eigenvalue weighted by Gasteiger charge is 2.15. The van der Waals surface area contributed by atoms with Crippen molar-refractivity contribution in [2.75, 3.05) is 45.9 Å². The van der Waals surface area contributed by atoms with E-state index >= 15 is 0 Å². The van der Waals surface area contributed by atoms with Crippen molar-refractivity contribution in [3.63, 3.8) is 0 Å². The highest BCUT2D eigenvalue weighted by atomic mass is 35.5. The minimum atomic E-state index is -0.543. The van der Waals surface area contributed by atoms with Crippen LogP contribution in [0.25, 0.3) is 22.0 Å². The highest BCUT2D eigenvalue weighted by Crippen LogP contribution is 2.35. The predicted molar refractivity (Wildman–Crippen MR) is 167 cm³/mol. The third-order valence-corrected chi connectivity index (χ3v) is 6.49. The standard InChI is InChI=1S/C32H37ClN4O6/c1-32(2,3)43-31(38)34-12-13-41-14-15-42-29-11-8-23(33)17-26(29)21-7-10-25-27(16-21)37-36-20-28(25)35-19-22-6-9-24(39-4)18-30(22)40-5/h6-11,16-18,20H,12-15,19H2,1-5H3,(H,34,38)(H,35,37). The zero-order valence-corrected chi connectivity index (χ0v) is 25.8. The number of rotatable bonds is 13. The smallest absolute Gasteiger partial charge is 0.407 e. The molecule has 0 atom stereocenters. The van der Waals surface area contributed by atoms with Crippen LogP contribution in [0.4, 0.5) is 10.5 Å². The van der Waals surface area contributed by atoms with Crippen molar-refractivity contribution in [2.24, 2.45) is 0 Å². The number of anilines is 1. The molecule has 0 unspecified atom stereocenters. The molecule has 0 radical (unpaired) electrons. The molecule has 1 aromatic heterocycles. The molecular formula is C32H37ClN4O6. The van der Waals surface area contributed by atoms with Gasteiger partial charge in [-0.2, -0.15) is 10.2 Å². The molecule has 2 N–H and O–H groups in total. The summed E-state index contributed by atoms with van der Waals surface area (Å²) in [5.74, 6) is 2.12. The highest BCUT2D eigenvalue weighted by molar-refractivity contribution is 6.31. The molecule has 0 saturated carbocycles. The third-order valence-electron chi connectivity index (χ3n) is 6.26. The van der Waals surface area contributed by atoms with Gasteiger partial charge in [0.25, 0.3) is 0 Å². The lowest BCUT2D eigenvalue weighted by Crippen LogP contribution is -2.34. The van der Waals surface area contributed by atoms with Crippen LogP contribution in [0, 0.1) is 0 Å². The number of aromatic nitrogens is 2. The summed E-state index contributed by atoms with van der Waals surface area (Å²) < 4.78 is 27.7. The van der Waals surface area contributed by atoms with E-state index in [4.69, 9.17) is 35.3 Å². The minimum Gasteiger partial charge on any atom is -0.497 e. The summed E-state index contributed by atoms with van der Waals surface area (Å²) in [6.07, 6.45) is 1.23. The quantitative estimate of drug-likeness (QED) is 0.164. The zero-order valence-electron chi connectivity index (χ0n) is 25.0. The van der Waals surface area contributed by atoms with Crippen molar-refractivity contribution in [3.05, 3.63) is 71.4 Å². The molecule has 3 aromatic carbocycles. The molecule has 0 bridgehead atoms. The Morgan fingerprint density at radius 3 is 2.53 bits per heavy atom. The van der Waals surface area contributed by atoms with E-state index < -0.39 is 11.7 Å². The van der Waals surface area contributed by atoms with Gasteiger partial charge in [0.05, 0.1) is 44.8 Å². The Morgan fingerprint density at radius 1 is 0.930 bits per heavy atom. The van der Waals surface area contributed by atoms with Crippen molar-refractivity contribution < 1.29 is 28.5 Å². The minimum absolute atomic E-state index is 0.317. The van der Waals surface area contributed by atoms with Gasteiger partial charge in [-0.1, -0.05) is 17.7 Å². The molecule has 4 rings (SSSR count). The molecule has 228 valence electrons. The maximum absolute atomic E-state index is 11.7. The number of carbonyl (C=O) groups is 1. The maximum atomic E-state index is 11.7. The van der Waals surface area contributed by atoms with Crippen molar-refractivity contribution in [2.45, 2.75) is 32.9 Å². The number of alkyl carbamates (subject to hydrolysis) is 1. The van der Waals surface area contributed by atoms with Crippen molar-refractivity contribution in [1.82, 2.24) is 15.5 Å². The number of carbonyl (C=O) groups excluding carboxylic acids is 1. The van der Waals surface area contributed by atoms with Crippen molar-refractivity contribution in [1.29, 1.82) is 0 Å². The second-order valence-corrected chi connectivity index (χ2v) is 11.0. The fraction of sp³-hybridized carbons (Fsp3) is 0.344. The average Bonchev–Trinajstić information content (AvgIpc) is 2.98. The van der Waals surface area contributed by atoms with Crippen LogP contribution in [-0.4, -0.2) is 62.5 Å². The first kappa shape index (κ1) is 31.7. The molecule has 0 saturated heterocycles. The van der Waals surface area contributed by atoms with E-state index in [2.05, 4.69) is 20.8 Å². The zero-order chi connectivity index (χ0) is 30.8. The Bertz CT molecular complexity index is 1540. The molecule has 0 aliphatic rings. The normalized spacial score (nSPS) is 11.2. The molecule has 0 spiro atoms. The number of fused-ring (bicyclic) bond motifs is 1.